The summed E-state index contributed by atoms with van der Waals surface area (Å²) in [6.07, 6.45) is 0. The standard InChI is InChI=1S/C14H4Cl4N2O/c15-7-1-3-8(4-2-7)21-14-12(17)10(6-20)9(5-19)11(16)13(14)18/h1-4H. The predicted octanol–water partition coefficient (Wildman–Crippen LogP) is 5.84. The van der Waals surface area contributed by atoms with E-state index >= 15 is 0 Å². The smallest absolute Gasteiger partial charge is 0.167 e. The van der Waals surface area contributed by atoms with Crippen LogP contribution in [0.2, 0.25) is 20.1 Å². The Kier molecular flexibility index (Phi) is 4.83. The lowest BCUT2D eigenvalue weighted by Gasteiger charge is -2.13. The van der Waals surface area contributed by atoms with Crippen LogP contribution >= 0.6 is 46.4 Å². The van der Waals surface area contributed by atoms with E-state index in [0.717, 1.165) is 0 Å². The fourth-order valence-corrected chi connectivity index (χ4v) is 2.45. The second kappa shape index (κ2) is 6.43. The summed E-state index contributed by atoms with van der Waals surface area (Å²) >= 11 is 23.9. The summed E-state index contributed by atoms with van der Waals surface area (Å²) in [5, 5.41) is 18.5. The Hall–Kier alpha value is -1.62. The number of ether oxygens (including phenoxy) is 1. The molecule has 104 valence electrons. The molecule has 0 aliphatic heterocycles. The summed E-state index contributed by atoms with van der Waals surface area (Å²) in [5.74, 6) is 0.425. The van der Waals surface area contributed by atoms with Crippen molar-refractivity contribution in [2.24, 2.45) is 0 Å². The predicted molar refractivity (Wildman–Crippen MR) is 82.4 cm³/mol. The van der Waals surface area contributed by atoms with Crippen LogP contribution in [0.25, 0.3) is 0 Å². The van der Waals surface area contributed by atoms with Crippen molar-refractivity contribution in [2.75, 3.05) is 0 Å². The molecule has 3 nitrogen and oxygen atoms in total. The fourth-order valence-electron chi connectivity index (χ4n) is 1.56. The highest BCUT2D eigenvalue weighted by atomic mass is 35.5. The minimum atomic E-state index is -0.0856. The van der Waals surface area contributed by atoms with Gasteiger partial charge in [-0.15, -0.1) is 0 Å². The molecule has 0 aliphatic carbocycles. The van der Waals surface area contributed by atoms with Crippen LogP contribution in [0.15, 0.2) is 24.3 Å². The van der Waals surface area contributed by atoms with Gasteiger partial charge in [0.05, 0.1) is 16.1 Å². The quantitative estimate of drug-likeness (QED) is 0.634. The third-order valence-electron chi connectivity index (χ3n) is 2.54. The highest BCUT2D eigenvalue weighted by molar-refractivity contribution is 6.46. The molecule has 0 spiro atoms. The van der Waals surface area contributed by atoms with E-state index in [4.69, 9.17) is 61.7 Å². The summed E-state index contributed by atoms with van der Waals surface area (Å²) in [7, 11) is 0. The van der Waals surface area contributed by atoms with Gasteiger partial charge in [0.2, 0.25) is 0 Å². The normalized spacial score (nSPS) is 9.81. The molecule has 0 aliphatic rings. The fraction of sp³-hybridized carbons (Fsp3) is 0. The monoisotopic (exact) mass is 356 g/mol. The molecule has 0 radical (unpaired) electrons. The molecular formula is C14H4Cl4N2O. The van der Waals surface area contributed by atoms with Crippen LogP contribution < -0.4 is 4.74 Å². The highest BCUT2D eigenvalue weighted by Crippen LogP contribution is 2.45. The third kappa shape index (κ3) is 3.02. The molecule has 0 saturated carbocycles. The molecule has 7 heteroatoms. The zero-order valence-corrected chi connectivity index (χ0v) is 13.1. The lowest BCUT2D eigenvalue weighted by Crippen LogP contribution is -1.94. The molecule has 0 heterocycles. The average Bonchev–Trinajstić information content (AvgIpc) is 2.49. The van der Waals surface area contributed by atoms with E-state index in [1.54, 1.807) is 30.3 Å². The van der Waals surface area contributed by atoms with E-state index in [9.17, 15) is 0 Å². The molecule has 0 atom stereocenters. The summed E-state index contributed by atoms with van der Waals surface area (Å²) in [4.78, 5) is 0. The second-order valence-electron chi connectivity index (χ2n) is 3.80. The van der Waals surface area contributed by atoms with Crippen molar-refractivity contribution in [1.82, 2.24) is 0 Å². The lowest BCUT2D eigenvalue weighted by molar-refractivity contribution is 0.483. The topological polar surface area (TPSA) is 56.8 Å². The molecule has 2 rings (SSSR count). The summed E-state index contributed by atoms with van der Waals surface area (Å²) in [6.45, 7) is 0. The molecule has 0 aromatic heterocycles. The van der Waals surface area contributed by atoms with Crippen LogP contribution in [0.5, 0.6) is 11.5 Å². The maximum Gasteiger partial charge on any atom is 0.167 e. The molecule has 0 amide bonds. The van der Waals surface area contributed by atoms with E-state index in [2.05, 4.69) is 0 Å². The molecule has 0 unspecified atom stereocenters. The van der Waals surface area contributed by atoms with Gasteiger partial charge in [-0.3, -0.25) is 0 Å². The van der Waals surface area contributed by atoms with Crippen LogP contribution in [0.1, 0.15) is 11.1 Å². The van der Waals surface area contributed by atoms with E-state index in [-0.39, 0.29) is 31.9 Å². The van der Waals surface area contributed by atoms with Gasteiger partial charge < -0.3 is 4.74 Å². The maximum absolute atomic E-state index is 9.11. The first-order valence-electron chi connectivity index (χ1n) is 5.43. The van der Waals surface area contributed by atoms with Crippen LogP contribution in [-0.2, 0) is 0 Å². The summed E-state index contributed by atoms with van der Waals surface area (Å²) in [6, 6.07) is 10.1. The lowest BCUT2D eigenvalue weighted by atomic mass is 10.1. The number of rotatable bonds is 2. The van der Waals surface area contributed by atoms with E-state index in [1.807, 2.05) is 6.07 Å². The number of hydrogen-bond donors (Lipinski definition) is 0. The maximum atomic E-state index is 9.11. The van der Waals surface area contributed by atoms with Crippen molar-refractivity contribution in [3.05, 3.63) is 55.5 Å². The zero-order valence-electron chi connectivity index (χ0n) is 10.1. The van der Waals surface area contributed by atoms with E-state index < -0.39 is 0 Å². The van der Waals surface area contributed by atoms with Gasteiger partial charge in [-0.05, 0) is 24.3 Å². The molecule has 0 bridgehead atoms. The number of nitriles is 2. The van der Waals surface area contributed by atoms with Crippen LogP contribution in [0, 0.1) is 22.7 Å². The highest BCUT2D eigenvalue weighted by Gasteiger charge is 2.23. The third-order valence-corrected chi connectivity index (χ3v) is 3.99. The second-order valence-corrected chi connectivity index (χ2v) is 5.37. The van der Waals surface area contributed by atoms with E-state index in [0.29, 0.717) is 10.8 Å². The largest absolute Gasteiger partial charge is 0.454 e. The molecule has 2 aromatic carbocycles. The van der Waals surface area contributed by atoms with Gasteiger partial charge in [0.1, 0.15) is 27.9 Å². The molecule has 2 aromatic rings. The molecule has 0 saturated heterocycles. The van der Waals surface area contributed by atoms with Gasteiger partial charge in [-0.1, -0.05) is 46.4 Å². The average molecular weight is 358 g/mol. The van der Waals surface area contributed by atoms with Gasteiger partial charge in [0, 0.05) is 5.02 Å². The number of halogens is 4. The Morgan fingerprint density at radius 3 is 1.81 bits per heavy atom. The minimum Gasteiger partial charge on any atom is -0.454 e. The van der Waals surface area contributed by atoms with Crippen molar-refractivity contribution in [1.29, 1.82) is 10.5 Å². The SMILES string of the molecule is N#Cc1c(Cl)c(Cl)c(Oc2ccc(Cl)cc2)c(Cl)c1C#N. The molecule has 21 heavy (non-hydrogen) atoms. The zero-order chi connectivity index (χ0) is 15.6. The summed E-state index contributed by atoms with van der Waals surface area (Å²) in [5.41, 5.74) is -0.171. The Balaban J connectivity index is 2.60. The number of benzene rings is 2. The van der Waals surface area contributed by atoms with Crippen LogP contribution in [-0.4, -0.2) is 0 Å². The summed E-state index contributed by atoms with van der Waals surface area (Å²) < 4.78 is 5.55. The van der Waals surface area contributed by atoms with E-state index in [1.165, 1.54) is 0 Å². The minimum absolute atomic E-state index is 0.0150. The first-order valence-corrected chi connectivity index (χ1v) is 6.94. The Morgan fingerprint density at radius 2 is 1.29 bits per heavy atom. The van der Waals surface area contributed by atoms with Crippen LogP contribution in [0.4, 0.5) is 0 Å². The first kappa shape index (κ1) is 15.8. The van der Waals surface area contributed by atoms with Crippen molar-refractivity contribution in [2.45, 2.75) is 0 Å². The van der Waals surface area contributed by atoms with Crippen molar-refractivity contribution in [3.63, 3.8) is 0 Å². The van der Waals surface area contributed by atoms with Crippen LogP contribution in [0.3, 0.4) is 0 Å². The molecule has 0 N–H and O–H groups in total. The van der Waals surface area contributed by atoms with Crippen molar-refractivity contribution < 1.29 is 4.74 Å². The van der Waals surface area contributed by atoms with Crippen molar-refractivity contribution >= 4 is 46.4 Å². The van der Waals surface area contributed by atoms with Gasteiger partial charge in [0.25, 0.3) is 0 Å². The van der Waals surface area contributed by atoms with Gasteiger partial charge in [-0.25, -0.2) is 0 Å². The van der Waals surface area contributed by atoms with Crippen molar-refractivity contribution in [3.8, 4) is 23.6 Å². The molecular weight excluding hydrogens is 354 g/mol. The molecule has 0 fully saturated rings. The Morgan fingerprint density at radius 1 is 0.762 bits per heavy atom. The first-order chi connectivity index (χ1) is 9.99. The Labute approximate surface area is 140 Å². The Bertz CT molecular complexity index is 789. The van der Waals surface area contributed by atoms with Gasteiger partial charge >= 0.3 is 0 Å². The van der Waals surface area contributed by atoms with Gasteiger partial charge in [0.15, 0.2) is 5.75 Å². The number of hydrogen-bond acceptors (Lipinski definition) is 3. The van der Waals surface area contributed by atoms with Gasteiger partial charge in [-0.2, -0.15) is 10.5 Å². The number of nitrogens with zero attached hydrogens (tertiary/aromatic N) is 2.